The Morgan fingerprint density at radius 2 is 2.25 bits per heavy atom. The van der Waals surface area contributed by atoms with Crippen molar-refractivity contribution in [1.82, 2.24) is 5.32 Å². The van der Waals surface area contributed by atoms with Gasteiger partial charge in [-0.3, -0.25) is 4.79 Å². The SMILES string of the molecule is CCC(N)Cc1cccc(Br)c1OCCCC(=O)NC. The number of ether oxygens (including phenoxy) is 1. The first-order valence-corrected chi connectivity index (χ1v) is 7.74. The van der Waals surface area contributed by atoms with Crippen LogP contribution in [0.25, 0.3) is 0 Å². The molecule has 0 saturated heterocycles. The summed E-state index contributed by atoms with van der Waals surface area (Å²) >= 11 is 3.51. The molecule has 0 aliphatic heterocycles. The molecule has 0 fully saturated rings. The highest BCUT2D eigenvalue weighted by Gasteiger charge is 2.11. The van der Waals surface area contributed by atoms with E-state index in [1.165, 1.54) is 0 Å². The Bertz CT molecular complexity index is 438. The van der Waals surface area contributed by atoms with E-state index in [2.05, 4.69) is 28.2 Å². The van der Waals surface area contributed by atoms with Crippen LogP contribution in [0.5, 0.6) is 5.75 Å². The monoisotopic (exact) mass is 342 g/mol. The van der Waals surface area contributed by atoms with Crippen LogP contribution in [0.1, 0.15) is 31.7 Å². The summed E-state index contributed by atoms with van der Waals surface area (Å²) in [4.78, 5) is 11.1. The topological polar surface area (TPSA) is 64.3 Å². The van der Waals surface area contributed by atoms with Crippen LogP contribution in [-0.2, 0) is 11.2 Å². The minimum Gasteiger partial charge on any atom is -0.492 e. The fourth-order valence-electron chi connectivity index (χ4n) is 1.83. The van der Waals surface area contributed by atoms with Crippen LogP contribution in [0, 0.1) is 0 Å². The zero-order valence-electron chi connectivity index (χ0n) is 12.1. The average Bonchev–Trinajstić information content (AvgIpc) is 2.45. The van der Waals surface area contributed by atoms with Crippen molar-refractivity contribution in [1.29, 1.82) is 0 Å². The van der Waals surface area contributed by atoms with Crippen LogP contribution in [0.15, 0.2) is 22.7 Å². The summed E-state index contributed by atoms with van der Waals surface area (Å²) in [5.41, 5.74) is 7.12. The molecule has 1 aromatic rings. The number of nitrogens with one attached hydrogen (secondary N) is 1. The molecule has 0 heterocycles. The summed E-state index contributed by atoms with van der Waals surface area (Å²) in [5, 5.41) is 2.60. The van der Waals surface area contributed by atoms with Crippen molar-refractivity contribution in [3.05, 3.63) is 28.2 Å². The normalized spacial score (nSPS) is 12.0. The van der Waals surface area contributed by atoms with Crippen LogP contribution >= 0.6 is 15.9 Å². The lowest BCUT2D eigenvalue weighted by Gasteiger charge is -2.15. The number of halogens is 1. The van der Waals surface area contributed by atoms with Crippen molar-refractivity contribution in [3.63, 3.8) is 0 Å². The van der Waals surface area contributed by atoms with E-state index in [-0.39, 0.29) is 11.9 Å². The molecular weight excluding hydrogens is 320 g/mol. The predicted molar refractivity (Wildman–Crippen MR) is 84.9 cm³/mol. The second kappa shape index (κ2) is 8.97. The molecule has 5 heteroatoms. The van der Waals surface area contributed by atoms with Crippen molar-refractivity contribution in [2.24, 2.45) is 5.73 Å². The molecule has 1 atom stereocenters. The summed E-state index contributed by atoms with van der Waals surface area (Å²) in [6.45, 7) is 2.59. The van der Waals surface area contributed by atoms with E-state index in [1.807, 2.05) is 18.2 Å². The van der Waals surface area contributed by atoms with Gasteiger partial charge in [0, 0.05) is 19.5 Å². The van der Waals surface area contributed by atoms with E-state index >= 15 is 0 Å². The third kappa shape index (κ3) is 5.51. The third-order valence-electron chi connectivity index (χ3n) is 3.13. The van der Waals surface area contributed by atoms with Gasteiger partial charge in [0.15, 0.2) is 0 Å². The number of nitrogens with two attached hydrogens (primary N) is 1. The highest BCUT2D eigenvalue weighted by molar-refractivity contribution is 9.10. The van der Waals surface area contributed by atoms with Crippen LogP contribution in [0.4, 0.5) is 0 Å². The molecule has 1 unspecified atom stereocenters. The summed E-state index contributed by atoms with van der Waals surface area (Å²) in [7, 11) is 1.64. The second-order valence-electron chi connectivity index (χ2n) is 4.73. The van der Waals surface area contributed by atoms with Crippen LogP contribution in [-0.4, -0.2) is 25.6 Å². The second-order valence-corrected chi connectivity index (χ2v) is 5.58. The van der Waals surface area contributed by atoms with Gasteiger partial charge in [0.2, 0.25) is 5.91 Å². The molecule has 0 radical (unpaired) electrons. The number of hydrogen-bond acceptors (Lipinski definition) is 3. The number of carbonyl (C=O) groups excluding carboxylic acids is 1. The molecule has 0 spiro atoms. The summed E-state index contributed by atoms with van der Waals surface area (Å²) in [6, 6.07) is 6.11. The summed E-state index contributed by atoms with van der Waals surface area (Å²) in [5.74, 6) is 0.877. The molecule has 112 valence electrons. The number of carbonyl (C=O) groups is 1. The van der Waals surface area contributed by atoms with E-state index in [9.17, 15) is 4.79 Å². The predicted octanol–water partition coefficient (Wildman–Crippen LogP) is 2.63. The molecule has 0 aliphatic carbocycles. The van der Waals surface area contributed by atoms with E-state index in [1.54, 1.807) is 7.05 Å². The highest BCUT2D eigenvalue weighted by atomic mass is 79.9. The lowest BCUT2D eigenvalue weighted by atomic mass is 10.0. The molecule has 0 saturated carbocycles. The molecule has 1 amide bonds. The van der Waals surface area contributed by atoms with Crippen LogP contribution in [0.2, 0.25) is 0 Å². The van der Waals surface area contributed by atoms with Crippen molar-refractivity contribution in [2.45, 2.75) is 38.6 Å². The van der Waals surface area contributed by atoms with E-state index in [0.29, 0.717) is 19.4 Å². The van der Waals surface area contributed by atoms with E-state index in [4.69, 9.17) is 10.5 Å². The molecule has 0 bridgehead atoms. The molecule has 1 rings (SSSR count). The molecule has 3 N–H and O–H groups in total. The zero-order valence-corrected chi connectivity index (χ0v) is 13.7. The Morgan fingerprint density at radius 3 is 2.90 bits per heavy atom. The van der Waals surface area contributed by atoms with Gasteiger partial charge in [-0.1, -0.05) is 19.1 Å². The summed E-state index contributed by atoms with van der Waals surface area (Å²) in [6.07, 6.45) is 2.90. The number of para-hydroxylation sites is 1. The van der Waals surface area contributed by atoms with Gasteiger partial charge in [-0.05, 0) is 46.8 Å². The fourth-order valence-corrected chi connectivity index (χ4v) is 2.36. The van der Waals surface area contributed by atoms with Gasteiger partial charge in [0.25, 0.3) is 0 Å². The Labute approximate surface area is 129 Å². The van der Waals surface area contributed by atoms with Crippen molar-refractivity contribution >= 4 is 21.8 Å². The maximum Gasteiger partial charge on any atom is 0.219 e. The number of rotatable bonds is 8. The Hall–Kier alpha value is -1.07. The van der Waals surface area contributed by atoms with Crippen molar-refractivity contribution in [3.8, 4) is 5.75 Å². The van der Waals surface area contributed by atoms with Gasteiger partial charge in [-0.25, -0.2) is 0 Å². The van der Waals surface area contributed by atoms with Crippen LogP contribution in [0.3, 0.4) is 0 Å². The van der Waals surface area contributed by atoms with Gasteiger partial charge in [0.1, 0.15) is 5.75 Å². The van der Waals surface area contributed by atoms with Gasteiger partial charge in [-0.2, -0.15) is 0 Å². The number of benzene rings is 1. The molecule has 20 heavy (non-hydrogen) atoms. The van der Waals surface area contributed by atoms with Gasteiger partial charge >= 0.3 is 0 Å². The fraction of sp³-hybridized carbons (Fsp3) is 0.533. The van der Waals surface area contributed by atoms with E-state index < -0.39 is 0 Å². The minimum absolute atomic E-state index is 0.0361. The minimum atomic E-state index is 0.0361. The van der Waals surface area contributed by atoms with Gasteiger partial charge in [0.05, 0.1) is 11.1 Å². The molecule has 4 nitrogen and oxygen atoms in total. The first-order valence-electron chi connectivity index (χ1n) is 6.94. The Balaban J connectivity index is 2.61. The van der Waals surface area contributed by atoms with E-state index in [0.717, 1.165) is 28.6 Å². The van der Waals surface area contributed by atoms with Crippen molar-refractivity contribution in [2.75, 3.05) is 13.7 Å². The van der Waals surface area contributed by atoms with Crippen LogP contribution < -0.4 is 15.8 Å². The molecular formula is C15H23BrN2O2. The molecule has 1 aromatic carbocycles. The van der Waals surface area contributed by atoms with Crippen molar-refractivity contribution < 1.29 is 9.53 Å². The lowest BCUT2D eigenvalue weighted by Crippen LogP contribution is -2.22. The summed E-state index contributed by atoms with van der Waals surface area (Å²) < 4.78 is 6.75. The van der Waals surface area contributed by atoms with Gasteiger partial charge in [-0.15, -0.1) is 0 Å². The number of hydrogen-bond donors (Lipinski definition) is 2. The molecule has 0 aliphatic rings. The largest absolute Gasteiger partial charge is 0.492 e. The highest BCUT2D eigenvalue weighted by Crippen LogP contribution is 2.30. The zero-order chi connectivity index (χ0) is 15.0. The lowest BCUT2D eigenvalue weighted by molar-refractivity contribution is -0.120. The quantitative estimate of drug-likeness (QED) is 0.713. The first kappa shape index (κ1) is 17.0. The smallest absolute Gasteiger partial charge is 0.219 e. The first-order chi connectivity index (χ1) is 9.58. The average molecular weight is 343 g/mol. The Kier molecular flexibility index (Phi) is 7.62. The number of amides is 1. The maximum absolute atomic E-state index is 11.1. The Morgan fingerprint density at radius 1 is 1.50 bits per heavy atom. The van der Waals surface area contributed by atoms with Gasteiger partial charge < -0.3 is 15.8 Å². The third-order valence-corrected chi connectivity index (χ3v) is 3.75. The molecule has 0 aromatic heterocycles. The maximum atomic E-state index is 11.1. The standard InChI is InChI=1S/C15H23BrN2O2/c1-3-12(17)10-11-6-4-7-13(16)15(11)20-9-5-8-14(19)18-2/h4,6-7,12H,3,5,8-10,17H2,1-2H3,(H,18,19).